The van der Waals surface area contributed by atoms with Gasteiger partial charge < -0.3 is 4.42 Å². The number of allylic oxidation sites excluding steroid dienone is 1. The summed E-state index contributed by atoms with van der Waals surface area (Å²) in [6.07, 6.45) is 6.53. The number of rotatable bonds is 4. The Balaban J connectivity index is 1.80. The molecule has 0 bridgehead atoms. The van der Waals surface area contributed by atoms with Gasteiger partial charge in [0.2, 0.25) is 0 Å². The highest BCUT2D eigenvalue weighted by Crippen LogP contribution is 2.07. The summed E-state index contributed by atoms with van der Waals surface area (Å²) < 4.78 is 5.09. The molecule has 0 aliphatic heterocycles. The van der Waals surface area contributed by atoms with Crippen LogP contribution in [0.5, 0.6) is 0 Å². The fraction of sp³-hybridized carbons (Fsp3) is 0. The van der Waals surface area contributed by atoms with E-state index in [0.29, 0.717) is 4.88 Å². The molecular weight excluding hydrogens is 236 g/mol. The third kappa shape index (κ3) is 3.42. The molecule has 2 aromatic rings. The topological polar surface area (TPSA) is 54.6 Å². The van der Waals surface area contributed by atoms with Crippen LogP contribution in [0, 0.1) is 0 Å². The van der Waals surface area contributed by atoms with Gasteiger partial charge >= 0.3 is 0 Å². The lowest BCUT2D eigenvalue weighted by Crippen LogP contribution is -2.15. The molecule has 0 spiro atoms. The number of carbonyl (C=O) groups excluding carboxylic acids is 1. The Morgan fingerprint density at radius 3 is 3.06 bits per heavy atom. The van der Waals surface area contributed by atoms with Crippen LogP contribution >= 0.6 is 11.3 Å². The summed E-state index contributed by atoms with van der Waals surface area (Å²) in [4.78, 5) is 12.1. The van der Waals surface area contributed by atoms with E-state index in [1.807, 2.05) is 17.5 Å². The van der Waals surface area contributed by atoms with E-state index in [1.54, 1.807) is 30.5 Å². The van der Waals surface area contributed by atoms with Crippen molar-refractivity contribution in [3.05, 3.63) is 52.6 Å². The Morgan fingerprint density at radius 1 is 1.41 bits per heavy atom. The van der Waals surface area contributed by atoms with Crippen molar-refractivity contribution in [3.63, 3.8) is 0 Å². The summed E-state index contributed by atoms with van der Waals surface area (Å²) in [5, 5.41) is 5.62. The number of carbonyl (C=O) groups is 1. The summed E-state index contributed by atoms with van der Waals surface area (Å²) in [5.74, 6) is 0.531. The number of hydrazone groups is 1. The van der Waals surface area contributed by atoms with Crippen LogP contribution in [0.15, 0.2) is 51.5 Å². The first-order chi connectivity index (χ1) is 8.36. The van der Waals surface area contributed by atoms with Crippen molar-refractivity contribution >= 4 is 29.5 Å². The molecule has 0 atom stereocenters. The molecule has 2 aromatic heterocycles. The lowest BCUT2D eigenvalue weighted by atomic mass is 10.4. The van der Waals surface area contributed by atoms with Gasteiger partial charge in [0.25, 0.3) is 5.91 Å². The van der Waals surface area contributed by atoms with Gasteiger partial charge in [-0.05, 0) is 35.7 Å². The lowest BCUT2D eigenvalue weighted by Gasteiger charge is -1.93. The first-order valence-corrected chi connectivity index (χ1v) is 5.81. The second-order valence-electron chi connectivity index (χ2n) is 3.07. The maximum atomic E-state index is 11.4. The van der Waals surface area contributed by atoms with Crippen LogP contribution in [0.4, 0.5) is 0 Å². The highest BCUT2D eigenvalue weighted by molar-refractivity contribution is 7.12. The van der Waals surface area contributed by atoms with Crippen LogP contribution in [0.2, 0.25) is 0 Å². The minimum absolute atomic E-state index is 0.206. The first-order valence-electron chi connectivity index (χ1n) is 4.93. The zero-order chi connectivity index (χ0) is 11.9. The molecule has 17 heavy (non-hydrogen) atoms. The van der Waals surface area contributed by atoms with E-state index >= 15 is 0 Å². The van der Waals surface area contributed by atoms with Crippen LogP contribution in [-0.2, 0) is 0 Å². The van der Waals surface area contributed by atoms with Crippen molar-refractivity contribution in [3.8, 4) is 0 Å². The minimum Gasteiger partial charge on any atom is -0.465 e. The molecule has 0 fully saturated rings. The van der Waals surface area contributed by atoms with Gasteiger partial charge in [0, 0.05) is 6.21 Å². The van der Waals surface area contributed by atoms with E-state index in [-0.39, 0.29) is 5.91 Å². The average Bonchev–Trinajstić information content (AvgIpc) is 3.01. The van der Waals surface area contributed by atoms with Gasteiger partial charge in [-0.1, -0.05) is 6.07 Å². The number of hydrogen-bond donors (Lipinski definition) is 1. The Bertz CT molecular complexity index is 513. The highest BCUT2D eigenvalue weighted by Gasteiger charge is 2.02. The second kappa shape index (κ2) is 5.81. The quantitative estimate of drug-likeness (QED) is 0.666. The van der Waals surface area contributed by atoms with Crippen LogP contribution in [0.1, 0.15) is 15.4 Å². The Labute approximate surface area is 102 Å². The normalized spacial score (nSPS) is 11.3. The van der Waals surface area contributed by atoms with Crippen LogP contribution in [0.25, 0.3) is 6.08 Å². The fourth-order valence-electron chi connectivity index (χ4n) is 1.13. The molecule has 0 saturated carbocycles. The summed E-state index contributed by atoms with van der Waals surface area (Å²) in [7, 11) is 0. The third-order valence-electron chi connectivity index (χ3n) is 1.88. The largest absolute Gasteiger partial charge is 0.465 e. The third-order valence-corrected chi connectivity index (χ3v) is 2.74. The molecule has 2 heterocycles. The van der Waals surface area contributed by atoms with Crippen molar-refractivity contribution < 1.29 is 9.21 Å². The smallest absolute Gasteiger partial charge is 0.281 e. The number of hydrogen-bond acceptors (Lipinski definition) is 4. The van der Waals surface area contributed by atoms with Crippen LogP contribution in [0.3, 0.4) is 0 Å². The SMILES string of the molecule is O=C(NN=C/C=C/c1ccco1)c1cccs1. The molecule has 86 valence electrons. The van der Waals surface area contributed by atoms with E-state index in [9.17, 15) is 4.79 Å². The lowest BCUT2D eigenvalue weighted by molar-refractivity contribution is 0.0959. The van der Waals surface area contributed by atoms with Gasteiger partial charge in [0.1, 0.15) is 5.76 Å². The van der Waals surface area contributed by atoms with Gasteiger partial charge in [-0.3, -0.25) is 4.79 Å². The molecule has 0 unspecified atom stereocenters. The van der Waals surface area contributed by atoms with Crippen molar-refractivity contribution in [2.45, 2.75) is 0 Å². The molecule has 4 nitrogen and oxygen atoms in total. The number of thiophene rings is 1. The van der Waals surface area contributed by atoms with E-state index in [0.717, 1.165) is 5.76 Å². The number of nitrogens with zero attached hydrogens (tertiary/aromatic N) is 1. The molecule has 5 heteroatoms. The molecule has 1 N–H and O–H groups in total. The monoisotopic (exact) mass is 246 g/mol. The van der Waals surface area contributed by atoms with Crippen molar-refractivity contribution in [1.29, 1.82) is 0 Å². The fourth-order valence-corrected chi connectivity index (χ4v) is 1.74. The predicted octanol–water partition coefficient (Wildman–Crippen LogP) is 2.77. The van der Waals surface area contributed by atoms with Crippen molar-refractivity contribution in [1.82, 2.24) is 5.43 Å². The van der Waals surface area contributed by atoms with Crippen molar-refractivity contribution in [2.75, 3.05) is 0 Å². The van der Waals surface area contributed by atoms with E-state index in [1.165, 1.54) is 17.6 Å². The van der Waals surface area contributed by atoms with Crippen molar-refractivity contribution in [2.24, 2.45) is 5.10 Å². The summed E-state index contributed by atoms with van der Waals surface area (Å²) >= 11 is 1.37. The molecule has 0 saturated heterocycles. The summed E-state index contributed by atoms with van der Waals surface area (Å²) in [6, 6.07) is 7.19. The average molecular weight is 246 g/mol. The van der Waals surface area contributed by atoms with E-state index in [4.69, 9.17) is 4.42 Å². The van der Waals surface area contributed by atoms with Gasteiger partial charge in [-0.2, -0.15) is 5.10 Å². The Kier molecular flexibility index (Phi) is 3.88. The summed E-state index contributed by atoms with van der Waals surface area (Å²) in [6.45, 7) is 0. The second-order valence-corrected chi connectivity index (χ2v) is 4.02. The highest BCUT2D eigenvalue weighted by atomic mass is 32.1. The van der Waals surface area contributed by atoms with Crippen LogP contribution < -0.4 is 5.43 Å². The molecule has 0 radical (unpaired) electrons. The van der Waals surface area contributed by atoms with E-state index in [2.05, 4.69) is 10.5 Å². The molecule has 1 amide bonds. The van der Waals surface area contributed by atoms with Gasteiger partial charge in [-0.15, -0.1) is 11.3 Å². The zero-order valence-corrected chi connectivity index (χ0v) is 9.68. The molecule has 0 aliphatic rings. The molecule has 0 aliphatic carbocycles. The molecular formula is C12H10N2O2S. The van der Waals surface area contributed by atoms with Gasteiger partial charge in [0.15, 0.2) is 0 Å². The predicted molar refractivity (Wildman–Crippen MR) is 68.0 cm³/mol. The molecule has 2 rings (SSSR count). The Hall–Kier alpha value is -2.14. The number of amides is 1. The van der Waals surface area contributed by atoms with E-state index < -0.39 is 0 Å². The maximum Gasteiger partial charge on any atom is 0.281 e. The minimum atomic E-state index is -0.206. The van der Waals surface area contributed by atoms with Gasteiger partial charge in [-0.25, -0.2) is 5.43 Å². The zero-order valence-electron chi connectivity index (χ0n) is 8.87. The maximum absolute atomic E-state index is 11.4. The number of furan rings is 1. The van der Waals surface area contributed by atoms with Gasteiger partial charge in [0.05, 0.1) is 11.1 Å². The summed E-state index contributed by atoms with van der Waals surface area (Å²) in [5.41, 5.74) is 2.42. The molecule has 0 aromatic carbocycles. The standard InChI is InChI=1S/C12H10N2O2S/c15-12(11-6-3-9-17-11)14-13-7-1-4-10-5-2-8-16-10/h1-9H,(H,14,15)/b4-1+,13-7?. The number of nitrogens with one attached hydrogen (secondary N) is 1. The first kappa shape index (κ1) is 11.3. The Morgan fingerprint density at radius 2 is 2.35 bits per heavy atom. The van der Waals surface area contributed by atoms with Crippen LogP contribution in [-0.4, -0.2) is 12.1 Å².